The van der Waals surface area contributed by atoms with Gasteiger partial charge in [0.1, 0.15) is 0 Å². The molecule has 0 atom stereocenters. The van der Waals surface area contributed by atoms with Crippen LogP contribution in [0.5, 0.6) is 0 Å². The smallest absolute Gasteiger partial charge is 0.339 e. The Hall–Kier alpha value is -0.930. The van der Waals surface area contributed by atoms with Crippen molar-refractivity contribution in [3.05, 3.63) is 27.7 Å². The lowest BCUT2D eigenvalue weighted by Crippen LogP contribution is -2.15. The highest BCUT2D eigenvalue weighted by Crippen LogP contribution is 2.31. The predicted molar refractivity (Wildman–Crippen MR) is 73.1 cm³/mol. The number of rotatable bonds is 4. The molecule has 5 heteroatoms. The van der Waals surface area contributed by atoms with Gasteiger partial charge in [0, 0.05) is 5.69 Å². The molecule has 1 aromatic carbocycles. The van der Waals surface area contributed by atoms with Gasteiger partial charge in [0.25, 0.3) is 0 Å². The molecule has 0 bridgehead atoms. The zero-order valence-electron chi connectivity index (χ0n) is 9.92. The number of nitrogen functional groups attached to an aromatic ring is 1. The van der Waals surface area contributed by atoms with E-state index in [2.05, 4.69) is 0 Å². The van der Waals surface area contributed by atoms with Gasteiger partial charge in [-0.25, -0.2) is 4.79 Å². The minimum Gasteiger partial charge on any atom is -0.462 e. The van der Waals surface area contributed by atoms with Crippen LogP contribution in [0.3, 0.4) is 0 Å². The van der Waals surface area contributed by atoms with E-state index in [1.165, 1.54) is 31.4 Å². The lowest BCUT2D eigenvalue weighted by molar-refractivity contribution is 0.0464. The van der Waals surface area contributed by atoms with Crippen LogP contribution in [0.1, 0.15) is 36.0 Å². The van der Waals surface area contributed by atoms with Gasteiger partial charge in [0.15, 0.2) is 0 Å². The zero-order valence-corrected chi connectivity index (χ0v) is 11.4. The summed E-state index contributed by atoms with van der Waals surface area (Å²) in [6, 6.07) is 2.99. The van der Waals surface area contributed by atoms with Crippen molar-refractivity contribution in [2.75, 3.05) is 12.3 Å². The number of nitrogens with two attached hydrogens (primary N) is 1. The molecule has 98 valence electrons. The number of carbonyl (C=O) groups is 1. The largest absolute Gasteiger partial charge is 0.462 e. The molecular formula is C13H15Cl2NO2. The predicted octanol–water partition coefficient (Wildman–Crippen LogP) is 3.92. The van der Waals surface area contributed by atoms with Crippen molar-refractivity contribution < 1.29 is 9.53 Å². The Bertz CT molecular complexity index is 459. The molecule has 1 fully saturated rings. The summed E-state index contributed by atoms with van der Waals surface area (Å²) in [4.78, 5) is 11.8. The topological polar surface area (TPSA) is 52.3 Å². The first kappa shape index (κ1) is 13.5. The maximum Gasteiger partial charge on any atom is 0.339 e. The Morgan fingerprint density at radius 3 is 2.72 bits per heavy atom. The number of anilines is 1. The van der Waals surface area contributed by atoms with Crippen molar-refractivity contribution in [3.63, 3.8) is 0 Å². The molecule has 0 amide bonds. The van der Waals surface area contributed by atoms with Crippen LogP contribution >= 0.6 is 23.2 Å². The monoisotopic (exact) mass is 287 g/mol. The maximum absolute atomic E-state index is 11.8. The van der Waals surface area contributed by atoms with Crippen LogP contribution in [-0.4, -0.2) is 12.6 Å². The number of hydrogen-bond donors (Lipinski definition) is 1. The van der Waals surface area contributed by atoms with Crippen LogP contribution < -0.4 is 5.73 Å². The molecule has 2 N–H and O–H groups in total. The molecule has 1 aromatic rings. The van der Waals surface area contributed by atoms with Crippen molar-refractivity contribution in [1.82, 2.24) is 0 Å². The van der Waals surface area contributed by atoms with Gasteiger partial charge in [-0.15, -0.1) is 0 Å². The lowest BCUT2D eigenvalue weighted by Gasteiger charge is -2.24. The quantitative estimate of drug-likeness (QED) is 0.674. The first-order valence-electron chi connectivity index (χ1n) is 5.99. The Balaban J connectivity index is 1.95. The third kappa shape index (κ3) is 3.09. The fraction of sp³-hybridized carbons (Fsp3) is 0.462. The van der Waals surface area contributed by atoms with Crippen molar-refractivity contribution in [2.45, 2.75) is 25.7 Å². The highest BCUT2D eigenvalue weighted by atomic mass is 35.5. The first-order valence-corrected chi connectivity index (χ1v) is 6.75. The van der Waals surface area contributed by atoms with E-state index in [0.29, 0.717) is 18.2 Å². The molecule has 0 radical (unpaired) electrons. The Labute approximate surface area is 116 Å². The summed E-state index contributed by atoms with van der Waals surface area (Å²) >= 11 is 11.8. The molecular weight excluding hydrogens is 273 g/mol. The van der Waals surface area contributed by atoms with Gasteiger partial charge in [0.05, 0.1) is 22.2 Å². The standard InChI is InChI=1S/C13H15Cl2NO2/c14-11-7-9(16)6-10(12(11)15)13(17)18-5-4-8-2-1-3-8/h6-8H,1-5,16H2. The maximum atomic E-state index is 11.8. The molecule has 0 spiro atoms. The van der Waals surface area contributed by atoms with Gasteiger partial charge < -0.3 is 10.5 Å². The fourth-order valence-electron chi connectivity index (χ4n) is 1.94. The second-order valence-corrected chi connectivity index (χ2v) is 5.37. The normalized spacial score (nSPS) is 15.2. The summed E-state index contributed by atoms with van der Waals surface area (Å²) in [5.74, 6) is 0.242. The van der Waals surface area contributed by atoms with Crippen molar-refractivity contribution in [1.29, 1.82) is 0 Å². The molecule has 1 saturated carbocycles. The minimum absolute atomic E-state index is 0.194. The van der Waals surface area contributed by atoms with Crippen molar-refractivity contribution >= 4 is 34.9 Å². The highest BCUT2D eigenvalue weighted by molar-refractivity contribution is 6.44. The molecule has 0 aliphatic heterocycles. The van der Waals surface area contributed by atoms with Gasteiger partial charge in [0.2, 0.25) is 0 Å². The Morgan fingerprint density at radius 2 is 2.11 bits per heavy atom. The van der Waals surface area contributed by atoms with E-state index in [4.69, 9.17) is 33.7 Å². The number of carbonyl (C=O) groups excluding carboxylic acids is 1. The molecule has 0 aromatic heterocycles. The summed E-state index contributed by atoms with van der Waals surface area (Å²) in [5, 5.41) is 0.460. The van der Waals surface area contributed by atoms with E-state index >= 15 is 0 Å². The number of esters is 1. The van der Waals surface area contributed by atoms with Gasteiger partial charge in [-0.2, -0.15) is 0 Å². The van der Waals surface area contributed by atoms with E-state index in [1.54, 1.807) is 0 Å². The zero-order chi connectivity index (χ0) is 13.1. The minimum atomic E-state index is -0.464. The Morgan fingerprint density at radius 1 is 1.39 bits per heavy atom. The molecule has 18 heavy (non-hydrogen) atoms. The van der Waals surface area contributed by atoms with Gasteiger partial charge in [-0.3, -0.25) is 0 Å². The van der Waals surface area contributed by atoms with E-state index in [0.717, 1.165) is 6.42 Å². The van der Waals surface area contributed by atoms with Crippen LogP contribution in [-0.2, 0) is 4.74 Å². The van der Waals surface area contributed by atoms with Gasteiger partial charge in [-0.05, 0) is 24.5 Å². The van der Waals surface area contributed by atoms with Crippen LogP contribution in [0.4, 0.5) is 5.69 Å². The average Bonchev–Trinajstić information content (AvgIpc) is 2.26. The lowest BCUT2D eigenvalue weighted by atomic mass is 9.83. The number of halogens is 2. The summed E-state index contributed by atoms with van der Waals surface area (Å²) in [6.07, 6.45) is 4.68. The molecule has 1 aliphatic rings. The second kappa shape index (κ2) is 5.81. The van der Waals surface area contributed by atoms with Crippen molar-refractivity contribution in [2.24, 2.45) is 5.92 Å². The number of hydrogen-bond acceptors (Lipinski definition) is 3. The highest BCUT2D eigenvalue weighted by Gasteiger charge is 2.19. The summed E-state index contributed by atoms with van der Waals surface area (Å²) < 4.78 is 5.19. The van der Waals surface area contributed by atoms with Crippen LogP contribution in [0, 0.1) is 5.92 Å². The summed E-state index contributed by atoms with van der Waals surface area (Å²) in [6.45, 7) is 0.423. The van der Waals surface area contributed by atoms with E-state index in [1.807, 2.05) is 0 Å². The van der Waals surface area contributed by atoms with E-state index in [9.17, 15) is 4.79 Å². The fourth-order valence-corrected chi connectivity index (χ4v) is 2.35. The van der Waals surface area contributed by atoms with Crippen LogP contribution in [0.25, 0.3) is 0 Å². The van der Waals surface area contributed by atoms with Crippen LogP contribution in [0.15, 0.2) is 12.1 Å². The SMILES string of the molecule is Nc1cc(Cl)c(Cl)c(C(=O)OCCC2CCC2)c1. The molecule has 1 aliphatic carbocycles. The van der Waals surface area contributed by atoms with Gasteiger partial charge >= 0.3 is 5.97 Å². The third-order valence-corrected chi connectivity index (χ3v) is 4.06. The van der Waals surface area contributed by atoms with E-state index in [-0.39, 0.29) is 15.6 Å². The summed E-state index contributed by atoms with van der Waals surface area (Å²) in [5.41, 5.74) is 6.25. The number of ether oxygens (including phenoxy) is 1. The molecule has 3 nitrogen and oxygen atoms in total. The van der Waals surface area contributed by atoms with E-state index < -0.39 is 5.97 Å². The molecule has 2 rings (SSSR count). The van der Waals surface area contributed by atoms with Gasteiger partial charge in [-0.1, -0.05) is 42.5 Å². The Kier molecular flexibility index (Phi) is 4.36. The molecule has 0 saturated heterocycles. The second-order valence-electron chi connectivity index (χ2n) is 4.59. The average molecular weight is 288 g/mol. The molecule has 0 heterocycles. The molecule has 0 unspecified atom stereocenters. The first-order chi connectivity index (χ1) is 8.58. The third-order valence-electron chi connectivity index (χ3n) is 3.25. The van der Waals surface area contributed by atoms with Crippen molar-refractivity contribution in [3.8, 4) is 0 Å². The number of benzene rings is 1. The van der Waals surface area contributed by atoms with Crippen LogP contribution in [0.2, 0.25) is 10.0 Å². The summed E-state index contributed by atoms with van der Waals surface area (Å²) in [7, 11) is 0.